The minimum absolute atomic E-state index is 0.0475. The molecule has 1 amide bonds. The molecule has 0 radical (unpaired) electrons. The number of carbonyl (C=O) groups excluding carboxylic acids is 2. The molecule has 0 fully saturated rings. The molecule has 114 valence electrons. The van der Waals surface area contributed by atoms with Crippen LogP contribution in [0.1, 0.15) is 23.7 Å². The summed E-state index contributed by atoms with van der Waals surface area (Å²) in [4.78, 5) is 37.7. The zero-order valence-corrected chi connectivity index (χ0v) is 12.6. The minimum Gasteiger partial charge on any atom is -0.481 e. The van der Waals surface area contributed by atoms with Crippen molar-refractivity contribution in [1.29, 1.82) is 0 Å². The number of hydrogen-bond acceptors (Lipinski definition) is 5. The molecular formula is C14H18N2O4S. The second kappa shape index (κ2) is 9.12. The summed E-state index contributed by atoms with van der Waals surface area (Å²) in [6, 6.07) is 3.27. The van der Waals surface area contributed by atoms with Crippen LogP contribution in [0.3, 0.4) is 0 Å². The summed E-state index contributed by atoms with van der Waals surface area (Å²) in [6.07, 6.45) is 2.95. The highest BCUT2D eigenvalue weighted by atomic mass is 32.2. The Morgan fingerprint density at radius 1 is 1.43 bits per heavy atom. The van der Waals surface area contributed by atoms with Crippen LogP contribution in [0.5, 0.6) is 0 Å². The van der Waals surface area contributed by atoms with Crippen LogP contribution in [0.2, 0.25) is 0 Å². The first-order chi connectivity index (χ1) is 10.0. The van der Waals surface area contributed by atoms with E-state index in [2.05, 4.69) is 10.3 Å². The van der Waals surface area contributed by atoms with Gasteiger partial charge in [-0.15, -0.1) is 0 Å². The van der Waals surface area contributed by atoms with Gasteiger partial charge in [-0.2, -0.15) is 11.8 Å². The van der Waals surface area contributed by atoms with Crippen molar-refractivity contribution >= 4 is 29.4 Å². The molecule has 0 spiro atoms. The van der Waals surface area contributed by atoms with E-state index in [-0.39, 0.29) is 18.1 Å². The van der Waals surface area contributed by atoms with Gasteiger partial charge in [0.15, 0.2) is 5.78 Å². The van der Waals surface area contributed by atoms with Crippen molar-refractivity contribution in [2.24, 2.45) is 5.92 Å². The lowest BCUT2D eigenvalue weighted by molar-refractivity contribution is -0.140. The summed E-state index contributed by atoms with van der Waals surface area (Å²) in [5.74, 6) is -1.11. The second-order valence-corrected chi connectivity index (χ2v) is 5.61. The number of rotatable bonds is 9. The van der Waals surface area contributed by atoms with Gasteiger partial charge in [0, 0.05) is 49.4 Å². The van der Waals surface area contributed by atoms with E-state index in [1.165, 1.54) is 24.9 Å². The fraction of sp³-hybridized carbons (Fsp3) is 0.429. The van der Waals surface area contributed by atoms with Crippen LogP contribution in [0, 0.1) is 5.92 Å². The number of thioether (sulfide) groups is 1. The molecule has 0 aromatic carbocycles. The third-order valence-electron chi connectivity index (χ3n) is 2.70. The SMILES string of the molecule is CC(=O)NCCSCC(CC(=O)c1cccnc1)C(=O)O. The van der Waals surface area contributed by atoms with E-state index in [4.69, 9.17) is 5.11 Å². The van der Waals surface area contributed by atoms with Crippen LogP contribution in [0.25, 0.3) is 0 Å². The zero-order chi connectivity index (χ0) is 15.7. The van der Waals surface area contributed by atoms with E-state index in [1.54, 1.807) is 18.3 Å². The molecule has 0 saturated heterocycles. The highest BCUT2D eigenvalue weighted by Gasteiger charge is 2.22. The Morgan fingerprint density at radius 3 is 2.76 bits per heavy atom. The van der Waals surface area contributed by atoms with Crippen LogP contribution < -0.4 is 5.32 Å². The quantitative estimate of drug-likeness (QED) is 0.526. The van der Waals surface area contributed by atoms with E-state index >= 15 is 0 Å². The Balaban J connectivity index is 2.41. The van der Waals surface area contributed by atoms with Gasteiger partial charge in [-0.05, 0) is 12.1 Å². The molecule has 2 N–H and O–H groups in total. The van der Waals surface area contributed by atoms with Gasteiger partial charge in [0.25, 0.3) is 0 Å². The minimum atomic E-state index is -0.987. The molecule has 0 aliphatic heterocycles. The molecule has 1 rings (SSSR count). The molecule has 1 aromatic heterocycles. The van der Waals surface area contributed by atoms with E-state index in [0.717, 1.165) is 0 Å². The number of nitrogens with one attached hydrogen (secondary N) is 1. The average Bonchev–Trinajstić information content (AvgIpc) is 2.45. The maximum atomic E-state index is 12.0. The largest absolute Gasteiger partial charge is 0.481 e. The standard InChI is InChI=1S/C14H18N2O4S/c1-10(17)16-5-6-21-9-12(14(19)20)7-13(18)11-3-2-4-15-8-11/h2-4,8,12H,5-7,9H2,1H3,(H,16,17)(H,19,20). The number of carboxylic acid groups (broad SMARTS) is 1. The molecule has 0 saturated carbocycles. The van der Waals surface area contributed by atoms with Crippen molar-refractivity contribution in [2.75, 3.05) is 18.1 Å². The molecule has 1 aromatic rings. The van der Waals surface area contributed by atoms with Gasteiger partial charge in [0.05, 0.1) is 5.92 Å². The fourth-order valence-corrected chi connectivity index (χ4v) is 2.57. The van der Waals surface area contributed by atoms with Crippen LogP contribution in [0.15, 0.2) is 24.5 Å². The highest BCUT2D eigenvalue weighted by molar-refractivity contribution is 7.99. The van der Waals surface area contributed by atoms with Crippen LogP contribution in [0.4, 0.5) is 0 Å². The van der Waals surface area contributed by atoms with Gasteiger partial charge in [0.1, 0.15) is 0 Å². The summed E-state index contributed by atoms with van der Waals surface area (Å²) in [5.41, 5.74) is 0.423. The Kier molecular flexibility index (Phi) is 7.45. The van der Waals surface area contributed by atoms with E-state index in [9.17, 15) is 14.4 Å². The van der Waals surface area contributed by atoms with Crippen LogP contribution >= 0.6 is 11.8 Å². The monoisotopic (exact) mass is 310 g/mol. The number of amides is 1. The summed E-state index contributed by atoms with van der Waals surface area (Å²) < 4.78 is 0. The van der Waals surface area contributed by atoms with Crippen molar-refractivity contribution in [3.05, 3.63) is 30.1 Å². The van der Waals surface area contributed by atoms with Crippen molar-refractivity contribution in [3.63, 3.8) is 0 Å². The molecule has 1 heterocycles. The summed E-state index contributed by atoms with van der Waals surface area (Å²) in [7, 11) is 0. The van der Waals surface area contributed by atoms with E-state index in [0.29, 0.717) is 23.6 Å². The second-order valence-electron chi connectivity index (χ2n) is 4.46. The first-order valence-corrected chi connectivity index (χ1v) is 7.64. The third-order valence-corrected chi connectivity index (χ3v) is 3.83. The number of nitrogens with zero attached hydrogens (tertiary/aromatic N) is 1. The Bertz CT molecular complexity index is 493. The number of carboxylic acids is 1. The highest BCUT2D eigenvalue weighted by Crippen LogP contribution is 2.15. The molecule has 1 atom stereocenters. The Morgan fingerprint density at radius 2 is 2.19 bits per heavy atom. The molecule has 7 heteroatoms. The smallest absolute Gasteiger partial charge is 0.307 e. The van der Waals surface area contributed by atoms with Crippen LogP contribution in [-0.2, 0) is 9.59 Å². The van der Waals surface area contributed by atoms with E-state index in [1.807, 2.05) is 0 Å². The van der Waals surface area contributed by atoms with Gasteiger partial charge >= 0.3 is 5.97 Å². The molecule has 21 heavy (non-hydrogen) atoms. The number of aliphatic carboxylic acids is 1. The predicted molar refractivity (Wildman–Crippen MR) is 80.3 cm³/mol. The van der Waals surface area contributed by atoms with Crippen molar-refractivity contribution in [2.45, 2.75) is 13.3 Å². The molecule has 0 aliphatic carbocycles. The number of hydrogen-bond donors (Lipinski definition) is 2. The van der Waals surface area contributed by atoms with Crippen molar-refractivity contribution < 1.29 is 19.5 Å². The van der Waals surface area contributed by atoms with Crippen LogP contribution in [-0.4, -0.2) is 45.8 Å². The molecular weight excluding hydrogens is 292 g/mol. The maximum Gasteiger partial charge on any atom is 0.307 e. The number of Topliss-reactive ketones (excluding diaryl/α,β-unsaturated/α-hetero) is 1. The summed E-state index contributed by atoms with van der Waals surface area (Å²) in [5, 5.41) is 11.8. The first-order valence-electron chi connectivity index (χ1n) is 6.49. The van der Waals surface area contributed by atoms with Gasteiger partial charge in [0.2, 0.25) is 5.91 Å². The molecule has 6 nitrogen and oxygen atoms in total. The molecule has 0 bridgehead atoms. The third kappa shape index (κ3) is 6.89. The summed E-state index contributed by atoms with van der Waals surface area (Å²) >= 11 is 1.41. The lowest BCUT2D eigenvalue weighted by atomic mass is 10.0. The predicted octanol–water partition coefficient (Wildman–Crippen LogP) is 1.22. The molecule has 0 aliphatic rings. The Hall–Kier alpha value is -1.89. The fourth-order valence-electron chi connectivity index (χ4n) is 1.61. The van der Waals surface area contributed by atoms with Gasteiger partial charge in [-0.25, -0.2) is 0 Å². The first kappa shape index (κ1) is 17.2. The lowest BCUT2D eigenvalue weighted by Crippen LogP contribution is -2.24. The van der Waals surface area contributed by atoms with Gasteiger partial charge in [-0.3, -0.25) is 19.4 Å². The van der Waals surface area contributed by atoms with E-state index < -0.39 is 11.9 Å². The zero-order valence-electron chi connectivity index (χ0n) is 11.7. The van der Waals surface area contributed by atoms with Gasteiger partial charge < -0.3 is 10.4 Å². The number of ketones is 1. The topological polar surface area (TPSA) is 96.4 Å². The number of pyridine rings is 1. The van der Waals surface area contributed by atoms with Crippen molar-refractivity contribution in [1.82, 2.24) is 10.3 Å². The lowest BCUT2D eigenvalue weighted by Gasteiger charge is -2.11. The summed E-state index contributed by atoms with van der Waals surface area (Å²) in [6.45, 7) is 1.92. The molecule has 1 unspecified atom stereocenters. The van der Waals surface area contributed by atoms with Crippen molar-refractivity contribution in [3.8, 4) is 0 Å². The number of carbonyl (C=O) groups is 3. The normalized spacial score (nSPS) is 11.7. The van der Waals surface area contributed by atoms with Gasteiger partial charge in [-0.1, -0.05) is 0 Å². The Labute approximate surface area is 127 Å². The number of aromatic nitrogens is 1. The maximum absolute atomic E-state index is 12.0. The average molecular weight is 310 g/mol.